The summed E-state index contributed by atoms with van der Waals surface area (Å²) in [5, 5.41) is 5.68. The van der Waals surface area contributed by atoms with Crippen LogP contribution in [0.5, 0.6) is 0 Å². The molecule has 114 valence electrons. The van der Waals surface area contributed by atoms with E-state index < -0.39 is 5.97 Å². The van der Waals surface area contributed by atoms with Crippen molar-refractivity contribution in [3.8, 4) is 0 Å². The van der Waals surface area contributed by atoms with Gasteiger partial charge in [0, 0.05) is 23.6 Å². The fourth-order valence-corrected chi connectivity index (χ4v) is 1.61. The van der Waals surface area contributed by atoms with E-state index in [4.69, 9.17) is 11.6 Å². The van der Waals surface area contributed by atoms with Gasteiger partial charge in [-0.1, -0.05) is 11.6 Å². The molecule has 0 heterocycles. The van der Waals surface area contributed by atoms with Crippen LogP contribution in [-0.4, -0.2) is 38.0 Å². The zero-order valence-corrected chi connectivity index (χ0v) is 12.4. The van der Waals surface area contributed by atoms with Crippen LogP contribution in [0, 0.1) is 0 Å². The molecule has 0 aliphatic rings. The van der Waals surface area contributed by atoms with E-state index in [1.807, 2.05) is 0 Å². The molecule has 0 radical (unpaired) electrons. The molecule has 0 aromatic heterocycles. The zero-order chi connectivity index (χ0) is 15.7. The smallest absolute Gasteiger partial charge is 0.325 e. The van der Waals surface area contributed by atoms with E-state index in [9.17, 15) is 14.4 Å². The highest BCUT2D eigenvalue weighted by molar-refractivity contribution is 6.30. The third kappa shape index (κ3) is 6.76. The number of hydrogen-bond acceptors (Lipinski definition) is 4. The average Bonchev–Trinajstić information content (AvgIpc) is 2.49. The first-order chi connectivity index (χ1) is 10.0. The Hall–Kier alpha value is -2.08. The number of methoxy groups -OCH3 is 1. The maximum atomic E-state index is 11.7. The monoisotopic (exact) mass is 312 g/mol. The van der Waals surface area contributed by atoms with Crippen LogP contribution in [0.1, 0.15) is 23.2 Å². The molecule has 1 aromatic rings. The summed E-state index contributed by atoms with van der Waals surface area (Å²) in [6, 6.07) is 6.52. The van der Waals surface area contributed by atoms with Gasteiger partial charge in [0.1, 0.15) is 6.54 Å². The quantitative estimate of drug-likeness (QED) is 0.584. The van der Waals surface area contributed by atoms with Gasteiger partial charge in [0.2, 0.25) is 5.91 Å². The fourth-order valence-electron chi connectivity index (χ4n) is 1.49. The number of benzene rings is 1. The molecular weight excluding hydrogens is 296 g/mol. The lowest BCUT2D eigenvalue weighted by atomic mass is 10.2. The molecule has 0 fully saturated rings. The van der Waals surface area contributed by atoms with Gasteiger partial charge in [0.15, 0.2) is 0 Å². The lowest BCUT2D eigenvalue weighted by Crippen LogP contribution is -2.31. The average molecular weight is 313 g/mol. The van der Waals surface area contributed by atoms with Crippen molar-refractivity contribution in [2.24, 2.45) is 0 Å². The number of halogens is 1. The Labute approximate surface area is 127 Å². The molecule has 0 atom stereocenters. The molecule has 7 heteroatoms. The number of ether oxygens (including phenoxy) is 1. The van der Waals surface area contributed by atoms with E-state index in [-0.39, 0.29) is 24.8 Å². The topological polar surface area (TPSA) is 84.5 Å². The van der Waals surface area contributed by atoms with Crippen LogP contribution in [0.4, 0.5) is 0 Å². The Morgan fingerprint density at radius 1 is 1.14 bits per heavy atom. The summed E-state index contributed by atoms with van der Waals surface area (Å²) in [6.07, 6.45) is 0.699. The number of amides is 2. The van der Waals surface area contributed by atoms with Crippen LogP contribution < -0.4 is 10.6 Å². The highest BCUT2D eigenvalue weighted by Gasteiger charge is 2.07. The SMILES string of the molecule is COC(=O)CNC(=O)CCCNC(=O)c1ccc(Cl)cc1. The standard InChI is InChI=1S/C14H17ClN2O4/c1-21-13(19)9-17-12(18)3-2-8-16-14(20)10-4-6-11(15)7-5-10/h4-7H,2-3,8-9H2,1H3,(H,16,20)(H,17,18). The first-order valence-corrected chi connectivity index (χ1v) is 6.78. The molecule has 6 nitrogen and oxygen atoms in total. The number of hydrogen-bond donors (Lipinski definition) is 2. The number of carbonyl (C=O) groups excluding carboxylic acids is 3. The van der Waals surface area contributed by atoms with Gasteiger partial charge in [-0.3, -0.25) is 14.4 Å². The lowest BCUT2D eigenvalue weighted by Gasteiger charge is -2.06. The number of nitrogens with one attached hydrogen (secondary N) is 2. The largest absolute Gasteiger partial charge is 0.468 e. The lowest BCUT2D eigenvalue weighted by molar-refractivity contribution is -0.141. The van der Waals surface area contributed by atoms with E-state index in [1.165, 1.54) is 7.11 Å². The molecule has 0 saturated carbocycles. The number of carbonyl (C=O) groups is 3. The van der Waals surface area contributed by atoms with Crippen LogP contribution in [-0.2, 0) is 14.3 Å². The Kier molecular flexibility index (Phi) is 7.25. The molecule has 0 saturated heterocycles. The van der Waals surface area contributed by atoms with Crippen molar-refractivity contribution in [1.82, 2.24) is 10.6 Å². The molecular formula is C14H17ClN2O4. The number of rotatable bonds is 7. The van der Waals surface area contributed by atoms with Crippen LogP contribution >= 0.6 is 11.6 Å². The summed E-state index contributed by atoms with van der Waals surface area (Å²) in [4.78, 5) is 33.9. The first kappa shape index (κ1) is 17.0. The van der Waals surface area contributed by atoms with Crippen LogP contribution in [0.3, 0.4) is 0 Å². The van der Waals surface area contributed by atoms with Crippen molar-refractivity contribution >= 4 is 29.4 Å². The van der Waals surface area contributed by atoms with Crippen LogP contribution in [0.15, 0.2) is 24.3 Å². The van der Waals surface area contributed by atoms with Gasteiger partial charge in [0.25, 0.3) is 5.91 Å². The summed E-state index contributed by atoms with van der Waals surface area (Å²) in [5.74, 6) is -0.984. The van der Waals surface area contributed by atoms with E-state index >= 15 is 0 Å². The van der Waals surface area contributed by atoms with Crippen molar-refractivity contribution in [1.29, 1.82) is 0 Å². The second-order valence-electron chi connectivity index (χ2n) is 4.22. The summed E-state index contributed by atoms with van der Waals surface area (Å²) in [5.41, 5.74) is 0.509. The van der Waals surface area contributed by atoms with Gasteiger partial charge >= 0.3 is 5.97 Å². The molecule has 0 unspecified atom stereocenters. The second-order valence-corrected chi connectivity index (χ2v) is 4.66. The molecule has 21 heavy (non-hydrogen) atoms. The van der Waals surface area contributed by atoms with E-state index in [2.05, 4.69) is 15.4 Å². The van der Waals surface area contributed by atoms with Crippen molar-refractivity contribution < 1.29 is 19.1 Å². The van der Waals surface area contributed by atoms with E-state index in [1.54, 1.807) is 24.3 Å². The van der Waals surface area contributed by atoms with Crippen molar-refractivity contribution in [2.45, 2.75) is 12.8 Å². The highest BCUT2D eigenvalue weighted by Crippen LogP contribution is 2.09. The van der Waals surface area contributed by atoms with Crippen LogP contribution in [0.2, 0.25) is 5.02 Å². The normalized spacial score (nSPS) is 9.81. The fraction of sp³-hybridized carbons (Fsp3) is 0.357. The molecule has 0 aliphatic carbocycles. The van der Waals surface area contributed by atoms with Gasteiger partial charge in [-0.05, 0) is 30.7 Å². The van der Waals surface area contributed by atoms with Crippen LogP contribution in [0.25, 0.3) is 0 Å². The minimum Gasteiger partial charge on any atom is -0.468 e. The Bertz CT molecular complexity index is 502. The predicted octanol–water partition coefficient (Wildman–Crippen LogP) is 1.14. The summed E-state index contributed by atoms with van der Waals surface area (Å²) in [7, 11) is 1.25. The summed E-state index contributed by atoms with van der Waals surface area (Å²) in [6.45, 7) is 0.222. The number of esters is 1. The van der Waals surface area contributed by atoms with E-state index in [0.717, 1.165) is 0 Å². The zero-order valence-electron chi connectivity index (χ0n) is 11.6. The maximum Gasteiger partial charge on any atom is 0.325 e. The molecule has 2 N–H and O–H groups in total. The molecule has 1 aromatic carbocycles. The van der Waals surface area contributed by atoms with Gasteiger partial charge in [-0.2, -0.15) is 0 Å². The van der Waals surface area contributed by atoms with Crippen molar-refractivity contribution in [3.05, 3.63) is 34.9 Å². The molecule has 0 spiro atoms. The summed E-state index contributed by atoms with van der Waals surface area (Å²) >= 11 is 5.73. The summed E-state index contributed by atoms with van der Waals surface area (Å²) < 4.78 is 4.40. The van der Waals surface area contributed by atoms with Gasteiger partial charge in [-0.15, -0.1) is 0 Å². The Morgan fingerprint density at radius 2 is 1.81 bits per heavy atom. The highest BCUT2D eigenvalue weighted by atomic mass is 35.5. The minimum atomic E-state index is -0.501. The first-order valence-electron chi connectivity index (χ1n) is 6.40. The molecule has 0 bridgehead atoms. The third-order valence-electron chi connectivity index (χ3n) is 2.63. The van der Waals surface area contributed by atoms with E-state index in [0.29, 0.717) is 23.6 Å². The maximum absolute atomic E-state index is 11.7. The Balaban J connectivity index is 2.19. The minimum absolute atomic E-state index is 0.146. The van der Waals surface area contributed by atoms with Crippen molar-refractivity contribution in [2.75, 3.05) is 20.2 Å². The Morgan fingerprint density at radius 3 is 2.43 bits per heavy atom. The van der Waals surface area contributed by atoms with Gasteiger partial charge < -0.3 is 15.4 Å². The molecule has 0 aliphatic heterocycles. The predicted molar refractivity (Wildman–Crippen MR) is 78.0 cm³/mol. The van der Waals surface area contributed by atoms with Crippen molar-refractivity contribution in [3.63, 3.8) is 0 Å². The molecule has 1 rings (SSSR count). The second kappa shape index (κ2) is 8.97. The third-order valence-corrected chi connectivity index (χ3v) is 2.88. The molecule has 2 amide bonds. The van der Waals surface area contributed by atoms with Gasteiger partial charge in [-0.25, -0.2) is 0 Å². The van der Waals surface area contributed by atoms with Gasteiger partial charge in [0.05, 0.1) is 7.11 Å².